The number of allylic oxidation sites excluding steroid dienone is 1. The Labute approximate surface area is 368 Å². The van der Waals surface area contributed by atoms with Gasteiger partial charge >= 0.3 is 7.40 Å². The molecule has 0 fully saturated rings. The second-order valence-corrected chi connectivity index (χ2v) is 15.6. The van der Waals surface area contributed by atoms with E-state index in [4.69, 9.17) is 28.9 Å². The monoisotopic (exact) mass is 841 g/mol. The summed E-state index contributed by atoms with van der Waals surface area (Å²) in [5.74, 6) is 3.35. The molecule has 4 aromatic carbocycles. The molecule has 62 heavy (non-hydrogen) atoms. The number of hydrogen-bond acceptors (Lipinski definition) is 5. The van der Waals surface area contributed by atoms with E-state index < -0.39 is 7.40 Å². The first-order valence-corrected chi connectivity index (χ1v) is 22.8. The number of aliphatic imine (C=N–C) groups is 2. The van der Waals surface area contributed by atoms with Crippen molar-refractivity contribution >= 4 is 30.3 Å². The summed E-state index contributed by atoms with van der Waals surface area (Å²) < 4.78 is 55.8. The van der Waals surface area contributed by atoms with E-state index in [1.165, 1.54) is 51.4 Å². The van der Waals surface area contributed by atoms with Crippen molar-refractivity contribution in [2.24, 2.45) is 9.98 Å². The SMILES string of the molecule is CCCCCCCCOc1ccc(C2=N/C(=N\c3c(-c4ccc(OCC)cc4)cc(-c4ccc(OCCCCCCCC)cc4)n3B(F)F)C(c3ccc(OCC)cc3)=C2)cc1. The molecule has 0 saturated carbocycles. The maximum atomic E-state index is 15.6. The van der Waals surface area contributed by atoms with E-state index in [2.05, 4.69) is 13.8 Å². The number of halogens is 2. The van der Waals surface area contributed by atoms with E-state index >= 15 is 8.63 Å². The zero-order valence-electron chi connectivity index (χ0n) is 37.0. The molecular formula is C52H62BF2N3O4. The molecule has 0 bridgehead atoms. The normalized spacial score (nSPS) is 13.0. The molecule has 0 spiro atoms. The van der Waals surface area contributed by atoms with Crippen molar-refractivity contribution in [3.8, 4) is 45.4 Å². The summed E-state index contributed by atoms with van der Waals surface area (Å²) >= 11 is 0. The molecule has 0 N–H and O–H groups in total. The van der Waals surface area contributed by atoms with E-state index in [0.29, 0.717) is 71.9 Å². The summed E-state index contributed by atoms with van der Waals surface area (Å²) in [6.45, 7) is 10.6. The average Bonchev–Trinajstić information content (AvgIpc) is 3.89. The smallest absolute Gasteiger partial charge is 0.494 e. The van der Waals surface area contributed by atoms with Gasteiger partial charge in [0.2, 0.25) is 0 Å². The molecule has 10 heteroatoms. The Morgan fingerprint density at radius 3 is 1.44 bits per heavy atom. The molecular weight excluding hydrogens is 779 g/mol. The molecule has 1 aromatic heterocycles. The van der Waals surface area contributed by atoms with E-state index in [1.54, 1.807) is 6.07 Å². The van der Waals surface area contributed by atoms with Crippen LogP contribution in [-0.4, -0.2) is 49.9 Å². The van der Waals surface area contributed by atoms with Crippen LogP contribution in [0.15, 0.2) is 119 Å². The van der Waals surface area contributed by atoms with Crippen LogP contribution in [-0.2, 0) is 0 Å². The summed E-state index contributed by atoms with van der Waals surface area (Å²) in [6, 6.07) is 32.2. The van der Waals surface area contributed by atoms with Crippen LogP contribution in [0.4, 0.5) is 14.4 Å². The standard InChI is InChI=1S/C52H62BF2N3O4/c1-5-9-11-13-15-17-35-61-45-31-23-41(24-32-45)49-37-47(39-19-27-43(28-20-39)59-7-3)51(56-49)57-52-48(40-21-29-44(30-22-40)60-8-4)38-50(58(52)53(54)55)42-25-33-46(34-26-42)62-36-18-16-14-12-10-6-2/h19-34,37-38H,5-18,35-36H2,1-4H3/b57-51-. The summed E-state index contributed by atoms with van der Waals surface area (Å²) in [5.41, 5.74) is 5.28. The summed E-state index contributed by atoms with van der Waals surface area (Å²) in [7, 11) is -2.91. The fourth-order valence-corrected chi connectivity index (χ4v) is 7.60. The molecule has 1 aliphatic rings. The van der Waals surface area contributed by atoms with Crippen molar-refractivity contribution in [2.75, 3.05) is 26.4 Å². The van der Waals surface area contributed by atoms with Gasteiger partial charge in [-0.05, 0) is 128 Å². The lowest BCUT2D eigenvalue weighted by Gasteiger charge is -2.12. The van der Waals surface area contributed by atoms with Crippen LogP contribution in [0.2, 0.25) is 0 Å². The minimum atomic E-state index is -2.91. The minimum Gasteiger partial charge on any atom is -0.494 e. The van der Waals surface area contributed by atoms with Crippen LogP contribution in [0.25, 0.3) is 28.0 Å². The number of ether oxygens (including phenoxy) is 4. The zero-order valence-corrected chi connectivity index (χ0v) is 37.0. The second kappa shape index (κ2) is 24.1. The van der Waals surface area contributed by atoms with Crippen molar-refractivity contribution in [3.63, 3.8) is 0 Å². The Morgan fingerprint density at radius 2 is 0.952 bits per heavy atom. The molecule has 7 nitrogen and oxygen atoms in total. The lowest BCUT2D eigenvalue weighted by atomic mass is 10.0. The van der Waals surface area contributed by atoms with Crippen molar-refractivity contribution in [2.45, 2.75) is 105 Å². The van der Waals surface area contributed by atoms with Gasteiger partial charge in [-0.3, -0.25) is 8.63 Å². The Bertz CT molecular complexity index is 2210. The third-order valence-corrected chi connectivity index (χ3v) is 11.0. The summed E-state index contributed by atoms with van der Waals surface area (Å²) in [5, 5.41) is 0. The van der Waals surface area contributed by atoms with Crippen molar-refractivity contribution in [1.82, 2.24) is 4.48 Å². The highest BCUT2D eigenvalue weighted by atomic mass is 19.2. The number of unbranched alkanes of at least 4 members (excludes halogenated alkanes) is 10. The van der Waals surface area contributed by atoms with Crippen molar-refractivity contribution < 1.29 is 27.6 Å². The molecule has 0 amide bonds. The van der Waals surface area contributed by atoms with E-state index in [1.807, 2.05) is 117 Å². The average molecular weight is 842 g/mol. The fraction of sp³-hybridized carbons (Fsp3) is 0.385. The molecule has 1 aliphatic heterocycles. The summed E-state index contributed by atoms with van der Waals surface area (Å²) in [6.07, 6.45) is 16.2. The lowest BCUT2D eigenvalue weighted by Crippen LogP contribution is -2.14. The number of amidine groups is 1. The molecule has 326 valence electrons. The highest BCUT2D eigenvalue weighted by molar-refractivity contribution is 6.43. The van der Waals surface area contributed by atoms with Gasteiger partial charge < -0.3 is 23.4 Å². The van der Waals surface area contributed by atoms with Gasteiger partial charge in [0.25, 0.3) is 0 Å². The molecule has 0 radical (unpaired) electrons. The van der Waals surface area contributed by atoms with Crippen LogP contribution >= 0.6 is 0 Å². The third-order valence-electron chi connectivity index (χ3n) is 11.0. The fourth-order valence-electron chi connectivity index (χ4n) is 7.60. The topological polar surface area (TPSA) is 66.6 Å². The number of nitrogens with zero attached hydrogens (tertiary/aromatic N) is 3. The van der Waals surface area contributed by atoms with Gasteiger partial charge in [0.15, 0.2) is 5.84 Å². The van der Waals surface area contributed by atoms with Gasteiger partial charge in [0, 0.05) is 22.4 Å². The van der Waals surface area contributed by atoms with Crippen LogP contribution in [0.5, 0.6) is 23.0 Å². The van der Waals surface area contributed by atoms with Gasteiger partial charge in [-0.2, -0.15) is 0 Å². The Hall–Kier alpha value is -5.64. The van der Waals surface area contributed by atoms with Crippen molar-refractivity contribution in [1.29, 1.82) is 0 Å². The number of aromatic nitrogens is 1. The number of rotatable bonds is 26. The molecule has 6 rings (SSSR count). The van der Waals surface area contributed by atoms with Crippen LogP contribution in [0.3, 0.4) is 0 Å². The first kappa shape index (κ1) is 45.9. The maximum absolute atomic E-state index is 15.6. The number of benzene rings is 4. The quantitative estimate of drug-likeness (QED) is 0.0411. The van der Waals surface area contributed by atoms with Gasteiger partial charge in [0.1, 0.15) is 28.8 Å². The van der Waals surface area contributed by atoms with E-state index in [0.717, 1.165) is 58.4 Å². The van der Waals surface area contributed by atoms with Gasteiger partial charge in [-0.25, -0.2) is 9.98 Å². The van der Waals surface area contributed by atoms with Gasteiger partial charge in [-0.1, -0.05) is 102 Å². The third kappa shape index (κ3) is 12.7. The second-order valence-electron chi connectivity index (χ2n) is 15.6. The van der Waals surface area contributed by atoms with Gasteiger partial charge in [-0.15, -0.1) is 0 Å². The van der Waals surface area contributed by atoms with Crippen LogP contribution in [0.1, 0.15) is 116 Å². The Kier molecular flexibility index (Phi) is 17.8. The Morgan fingerprint density at radius 1 is 0.516 bits per heavy atom. The highest BCUT2D eigenvalue weighted by Gasteiger charge is 2.30. The summed E-state index contributed by atoms with van der Waals surface area (Å²) in [4.78, 5) is 10.1. The predicted octanol–water partition coefficient (Wildman–Crippen LogP) is 14.5. The van der Waals surface area contributed by atoms with Crippen molar-refractivity contribution in [3.05, 3.63) is 120 Å². The molecule has 0 atom stereocenters. The van der Waals surface area contributed by atoms with E-state index in [9.17, 15) is 0 Å². The predicted molar refractivity (Wildman–Crippen MR) is 253 cm³/mol. The van der Waals surface area contributed by atoms with Gasteiger partial charge in [0.05, 0.1) is 32.1 Å². The molecule has 5 aromatic rings. The maximum Gasteiger partial charge on any atom is 0.679 e. The lowest BCUT2D eigenvalue weighted by molar-refractivity contribution is 0.304. The molecule has 0 aliphatic carbocycles. The van der Waals surface area contributed by atoms with Crippen LogP contribution < -0.4 is 18.9 Å². The molecule has 0 saturated heterocycles. The minimum absolute atomic E-state index is 0.0952. The number of hydrogen-bond donors (Lipinski definition) is 0. The Balaban J connectivity index is 1.36. The van der Waals surface area contributed by atoms with Crippen LogP contribution in [0, 0.1) is 0 Å². The first-order chi connectivity index (χ1) is 30.4. The largest absolute Gasteiger partial charge is 0.679 e. The van der Waals surface area contributed by atoms with E-state index in [-0.39, 0.29) is 5.82 Å². The molecule has 2 heterocycles. The highest BCUT2D eigenvalue weighted by Crippen LogP contribution is 2.41. The first-order valence-electron chi connectivity index (χ1n) is 22.8. The molecule has 0 unspecified atom stereocenters. The zero-order chi connectivity index (χ0) is 43.5.